The molecule has 3 aromatic rings. The molecule has 1 saturated heterocycles. The molecule has 0 bridgehead atoms. The lowest BCUT2D eigenvalue weighted by molar-refractivity contribution is -0.117. The van der Waals surface area contributed by atoms with Gasteiger partial charge in [-0.25, -0.2) is 0 Å². The Morgan fingerprint density at radius 3 is 2.35 bits per heavy atom. The molecule has 1 aliphatic heterocycles. The zero-order chi connectivity index (χ0) is 23.8. The molecule has 0 radical (unpaired) electrons. The molecule has 0 atom stereocenters. The summed E-state index contributed by atoms with van der Waals surface area (Å²) in [7, 11) is 1.90. The average Bonchev–Trinajstić information content (AvgIpc) is 2.85. The molecular weight excluding hydrogens is 422 g/mol. The van der Waals surface area contributed by atoms with Crippen LogP contribution in [0.15, 0.2) is 78.9 Å². The molecule has 34 heavy (non-hydrogen) atoms. The van der Waals surface area contributed by atoms with Crippen molar-refractivity contribution in [1.29, 1.82) is 5.26 Å². The number of nitriles is 1. The van der Waals surface area contributed by atoms with E-state index in [2.05, 4.69) is 63.7 Å². The van der Waals surface area contributed by atoms with Crippen LogP contribution in [0.25, 0.3) is 0 Å². The van der Waals surface area contributed by atoms with E-state index in [4.69, 9.17) is 5.26 Å². The average molecular weight is 454 g/mol. The van der Waals surface area contributed by atoms with E-state index in [1.807, 2.05) is 42.3 Å². The molecule has 3 aromatic carbocycles. The first-order valence-electron chi connectivity index (χ1n) is 11.7. The Morgan fingerprint density at radius 2 is 1.65 bits per heavy atom. The number of hydrogen-bond donors (Lipinski definition) is 1. The molecule has 1 N–H and O–H groups in total. The molecule has 0 aromatic heterocycles. The van der Waals surface area contributed by atoms with E-state index in [0.717, 1.165) is 44.0 Å². The summed E-state index contributed by atoms with van der Waals surface area (Å²) >= 11 is 0. The first-order chi connectivity index (χ1) is 16.6. The van der Waals surface area contributed by atoms with Gasteiger partial charge < -0.3 is 10.2 Å². The van der Waals surface area contributed by atoms with Gasteiger partial charge >= 0.3 is 0 Å². The van der Waals surface area contributed by atoms with E-state index < -0.39 is 0 Å². The van der Waals surface area contributed by atoms with Crippen molar-refractivity contribution >= 4 is 17.3 Å². The summed E-state index contributed by atoms with van der Waals surface area (Å²) in [5.41, 5.74) is 5.00. The molecule has 4 rings (SSSR count). The molecule has 0 spiro atoms. The number of anilines is 2. The van der Waals surface area contributed by atoms with Gasteiger partial charge in [0.25, 0.3) is 0 Å². The molecule has 6 nitrogen and oxygen atoms in total. The van der Waals surface area contributed by atoms with Gasteiger partial charge in [0.1, 0.15) is 0 Å². The van der Waals surface area contributed by atoms with E-state index in [9.17, 15) is 4.79 Å². The predicted octanol–water partition coefficient (Wildman–Crippen LogP) is 3.95. The second kappa shape index (κ2) is 11.5. The van der Waals surface area contributed by atoms with Gasteiger partial charge in [-0.1, -0.05) is 42.5 Å². The normalized spacial score (nSPS) is 14.1. The smallest absolute Gasteiger partial charge is 0.238 e. The van der Waals surface area contributed by atoms with E-state index in [1.54, 1.807) is 6.07 Å². The highest BCUT2D eigenvalue weighted by atomic mass is 16.2. The Balaban J connectivity index is 1.22. The topological polar surface area (TPSA) is 62.6 Å². The highest BCUT2D eigenvalue weighted by molar-refractivity contribution is 5.92. The number of nitrogens with zero attached hydrogens (tertiary/aromatic N) is 4. The van der Waals surface area contributed by atoms with E-state index in [0.29, 0.717) is 12.1 Å². The van der Waals surface area contributed by atoms with Gasteiger partial charge in [-0.3, -0.25) is 14.6 Å². The van der Waals surface area contributed by atoms with Crippen molar-refractivity contribution in [1.82, 2.24) is 9.80 Å². The van der Waals surface area contributed by atoms with Crippen LogP contribution in [0.2, 0.25) is 0 Å². The highest BCUT2D eigenvalue weighted by Crippen LogP contribution is 2.20. The molecule has 174 valence electrons. The first kappa shape index (κ1) is 23.5. The van der Waals surface area contributed by atoms with Crippen molar-refractivity contribution < 1.29 is 4.79 Å². The molecule has 1 fully saturated rings. The minimum absolute atomic E-state index is 0.0544. The van der Waals surface area contributed by atoms with Gasteiger partial charge in [-0.2, -0.15) is 5.26 Å². The van der Waals surface area contributed by atoms with Gasteiger partial charge in [0.2, 0.25) is 5.91 Å². The summed E-state index contributed by atoms with van der Waals surface area (Å²) in [6.45, 7) is 5.96. The third kappa shape index (κ3) is 6.67. The molecule has 6 heteroatoms. The van der Waals surface area contributed by atoms with Gasteiger partial charge in [0.05, 0.1) is 18.2 Å². The molecule has 0 saturated carbocycles. The lowest BCUT2D eigenvalue weighted by Gasteiger charge is -2.36. The molecule has 1 amide bonds. The third-order valence-corrected chi connectivity index (χ3v) is 6.06. The zero-order valence-electron chi connectivity index (χ0n) is 19.7. The summed E-state index contributed by atoms with van der Waals surface area (Å²) < 4.78 is 0. The van der Waals surface area contributed by atoms with Crippen molar-refractivity contribution in [3.63, 3.8) is 0 Å². The van der Waals surface area contributed by atoms with Gasteiger partial charge in [0.15, 0.2) is 0 Å². The molecule has 1 aliphatic rings. The Bertz CT molecular complexity index is 1120. The molecular formula is C28H31N5O. The second-order valence-electron chi connectivity index (χ2n) is 8.83. The number of hydrogen-bond acceptors (Lipinski definition) is 5. The number of carbonyl (C=O) groups is 1. The summed E-state index contributed by atoms with van der Waals surface area (Å²) in [5, 5.41) is 12.0. The lowest BCUT2D eigenvalue weighted by atomic mass is 10.1. The Morgan fingerprint density at radius 1 is 0.941 bits per heavy atom. The largest absolute Gasteiger partial charge is 0.369 e. The lowest BCUT2D eigenvalue weighted by Crippen LogP contribution is -2.45. The number of nitrogens with one attached hydrogen (secondary N) is 1. The van der Waals surface area contributed by atoms with Crippen molar-refractivity contribution in [3.8, 4) is 6.07 Å². The highest BCUT2D eigenvalue weighted by Gasteiger charge is 2.17. The number of benzene rings is 3. The molecule has 0 unspecified atom stereocenters. The maximum Gasteiger partial charge on any atom is 0.238 e. The zero-order valence-corrected chi connectivity index (χ0v) is 19.7. The van der Waals surface area contributed by atoms with Gasteiger partial charge in [0, 0.05) is 50.6 Å². The Labute approximate surface area is 202 Å². The van der Waals surface area contributed by atoms with Gasteiger partial charge in [-0.05, 0) is 54.6 Å². The number of amides is 1. The van der Waals surface area contributed by atoms with Crippen molar-refractivity contribution in [2.45, 2.75) is 13.1 Å². The quantitative estimate of drug-likeness (QED) is 0.560. The van der Waals surface area contributed by atoms with Crippen LogP contribution < -0.4 is 10.2 Å². The number of piperazine rings is 1. The molecule has 0 aliphatic carbocycles. The van der Waals surface area contributed by atoms with Crippen LogP contribution in [0.3, 0.4) is 0 Å². The maximum atomic E-state index is 12.5. The van der Waals surface area contributed by atoms with Crippen molar-refractivity contribution in [2.24, 2.45) is 0 Å². The fourth-order valence-electron chi connectivity index (χ4n) is 4.31. The van der Waals surface area contributed by atoms with Crippen LogP contribution in [0.4, 0.5) is 11.4 Å². The van der Waals surface area contributed by atoms with E-state index >= 15 is 0 Å². The van der Waals surface area contributed by atoms with Crippen molar-refractivity contribution in [3.05, 3.63) is 95.6 Å². The summed E-state index contributed by atoms with van der Waals surface area (Å²) in [6, 6.07) is 28.4. The SMILES string of the molecule is CN(CC(=O)Nc1ccc(N2CCN(Cc3ccccc3)CC2)cc1)Cc1cccc(C#N)c1. The third-order valence-electron chi connectivity index (χ3n) is 6.06. The van der Waals surface area contributed by atoms with Crippen molar-refractivity contribution in [2.75, 3.05) is 50.0 Å². The van der Waals surface area contributed by atoms with Crippen LogP contribution in [-0.4, -0.2) is 55.5 Å². The summed E-state index contributed by atoms with van der Waals surface area (Å²) in [5.74, 6) is -0.0544. The van der Waals surface area contributed by atoms with Crippen LogP contribution in [0.5, 0.6) is 0 Å². The van der Waals surface area contributed by atoms with Crippen LogP contribution >= 0.6 is 0 Å². The molecule has 1 heterocycles. The minimum atomic E-state index is -0.0544. The second-order valence-corrected chi connectivity index (χ2v) is 8.83. The standard InChI is InChI=1S/C28H31N5O/c1-31(20-25-9-5-8-24(18-25)19-29)22-28(34)30-26-10-12-27(13-11-26)33-16-14-32(15-17-33)21-23-6-3-2-4-7-23/h2-13,18H,14-17,20-22H2,1H3,(H,30,34). The summed E-state index contributed by atoms with van der Waals surface area (Å²) in [6.07, 6.45) is 0. The van der Waals surface area contributed by atoms with E-state index in [1.165, 1.54) is 11.3 Å². The fourth-order valence-corrected chi connectivity index (χ4v) is 4.31. The minimum Gasteiger partial charge on any atom is -0.369 e. The number of carbonyl (C=O) groups excluding carboxylic acids is 1. The van der Waals surface area contributed by atoms with Crippen LogP contribution in [0, 0.1) is 11.3 Å². The van der Waals surface area contributed by atoms with Crippen LogP contribution in [0.1, 0.15) is 16.7 Å². The first-order valence-corrected chi connectivity index (χ1v) is 11.7. The Kier molecular flexibility index (Phi) is 7.92. The van der Waals surface area contributed by atoms with Gasteiger partial charge in [-0.15, -0.1) is 0 Å². The van der Waals surface area contributed by atoms with Crippen LogP contribution in [-0.2, 0) is 17.9 Å². The Hall–Kier alpha value is -3.66. The number of rotatable bonds is 8. The monoisotopic (exact) mass is 453 g/mol. The maximum absolute atomic E-state index is 12.5. The number of likely N-dealkylation sites (N-methyl/N-ethyl adjacent to an activating group) is 1. The fraction of sp³-hybridized carbons (Fsp3) is 0.286. The predicted molar refractivity (Wildman–Crippen MR) is 136 cm³/mol. The van der Waals surface area contributed by atoms with E-state index in [-0.39, 0.29) is 12.5 Å². The summed E-state index contributed by atoms with van der Waals surface area (Å²) in [4.78, 5) is 19.3.